The highest BCUT2D eigenvalue weighted by atomic mass is 32.2. The van der Waals surface area contributed by atoms with Crippen molar-refractivity contribution in [1.82, 2.24) is 0 Å². The number of ketones is 1. The molecule has 3 rings (SSSR count). The Morgan fingerprint density at radius 1 is 1.13 bits per heavy atom. The molecule has 0 atom stereocenters. The second-order valence-corrected chi connectivity index (χ2v) is 8.43. The zero-order chi connectivity index (χ0) is 22.1. The Balaban J connectivity index is 1.87. The number of aryl methyl sites for hydroxylation is 2. The molecule has 1 heterocycles. The number of ether oxygens (including phenoxy) is 1. The van der Waals surface area contributed by atoms with Crippen molar-refractivity contribution in [3.8, 4) is 5.75 Å². The number of thioether (sulfide) groups is 1. The van der Waals surface area contributed by atoms with Gasteiger partial charge in [0.1, 0.15) is 11.3 Å². The van der Waals surface area contributed by atoms with E-state index in [1.165, 1.54) is 19.9 Å². The number of fused-ring (bicyclic) bond motifs is 1. The molecule has 0 unspecified atom stereocenters. The van der Waals surface area contributed by atoms with Gasteiger partial charge in [-0.25, -0.2) is 4.79 Å². The van der Waals surface area contributed by atoms with Crippen molar-refractivity contribution in [3.05, 3.63) is 64.9 Å². The summed E-state index contributed by atoms with van der Waals surface area (Å²) in [6.45, 7) is 6.74. The van der Waals surface area contributed by atoms with Gasteiger partial charge in [-0.15, -0.1) is 11.8 Å². The summed E-state index contributed by atoms with van der Waals surface area (Å²) in [5, 5.41) is 10.1. The third kappa shape index (κ3) is 4.28. The van der Waals surface area contributed by atoms with E-state index in [9.17, 15) is 14.7 Å². The number of hydrogen-bond acceptors (Lipinski definition) is 5. The molecule has 0 fully saturated rings. The lowest BCUT2D eigenvalue weighted by Gasteiger charge is -2.24. The highest BCUT2D eigenvalue weighted by Gasteiger charge is 2.30. The Kier molecular flexibility index (Phi) is 6.08. The number of carbonyl (C=O) groups excluding carboxylic acids is 1. The highest BCUT2D eigenvalue weighted by molar-refractivity contribution is 7.98. The number of furan rings is 1. The van der Waals surface area contributed by atoms with Crippen molar-refractivity contribution in [1.29, 1.82) is 0 Å². The minimum absolute atomic E-state index is 0.114. The van der Waals surface area contributed by atoms with Gasteiger partial charge in [0.2, 0.25) is 0 Å². The van der Waals surface area contributed by atoms with Crippen molar-refractivity contribution in [3.63, 3.8) is 0 Å². The summed E-state index contributed by atoms with van der Waals surface area (Å²) in [5.74, 6) is -0.607. The van der Waals surface area contributed by atoms with Gasteiger partial charge in [0.05, 0.1) is 11.2 Å². The van der Waals surface area contributed by atoms with E-state index in [4.69, 9.17) is 9.15 Å². The van der Waals surface area contributed by atoms with Crippen LogP contribution in [0.25, 0.3) is 17.0 Å². The SMILES string of the molecule is CSc1ccc(C(=O)/C=C/c2cc(C)c(OC(C)(C)C(=O)O)c(C)c2)c2ccoc12. The topological polar surface area (TPSA) is 76.7 Å². The molecule has 156 valence electrons. The van der Waals surface area contributed by atoms with Crippen molar-refractivity contribution < 1.29 is 23.8 Å². The van der Waals surface area contributed by atoms with Crippen molar-refractivity contribution in [2.24, 2.45) is 0 Å². The lowest BCUT2D eigenvalue weighted by atomic mass is 10.0. The maximum Gasteiger partial charge on any atom is 0.347 e. The van der Waals surface area contributed by atoms with Gasteiger partial charge in [-0.05, 0) is 87.0 Å². The molecule has 0 saturated carbocycles. The molecule has 0 aliphatic carbocycles. The number of rotatable bonds is 7. The summed E-state index contributed by atoms with van der Waals surface area (Å²) in [6, 6.07) is 9.25. The monoisotopic (exact) mass is 424 g/mol. The van der Waals surface area contributed by atoms with Gasteiger partial charge >= 0.3 is 5.97 Å². The maximum absolute atomic E-state index is 12.8. The molecule has 3 aromatic rings. The van der Waals surface area contributed by atoms with Crippen molar-refractivity contribution in [2.75, 3.05) is 6.26 Å². The predicted molar refractivity (Wildman–Crippen MR) is 120 cm³/mol. The predicted octanol–water partition coefficient (Wildman–Crippen LogP) is 5.91. The summed E-state index contributed by atoms with van der Waals surface area (Å²) in [7, 11) is 0. The van der Waals surface area contributed by atoms with Crippen molar-refractivity contribution >= 4 is 40.6 Å². The fourth-order valence-electron chi connectivity index (χ4n) is 3.21. The zero-order valence-electron chi connectivity index (χ0n) is 17.6. The fourth-order valence-corrected chi connectivity index (χ4v) is 3.76. The molecular formula is C24H24O5S. The summed E-state index contributed by atoms with van der Waals surface area (Å²) in [5.41, 5.74) is 2.42. The van der Waals surface area contributed by atoms with Crippen LogP contribution in [-0.2, 0) is 4.79 Å². The Hall–Kier alpha value is -2.99. The Morgan fingerprint density at radius 3 is 2.40 bits per heavy atom. The average molecular weight is 425 g/mol. The Labute approximate surface area is 179 Å². The molecule has 2 aromatic carbocycles. The number of carbonyl (C=O) groups is 2. The van der Waals surface area contributed by atoms with Crippen LogP contribution in [0.1, 0.15) is 40.9 Å². The van der Waals surface area contributed by atoms with Gasteiger partial charge in [0.15, 0.2) is 11.4 Å². The summed E-state index contributed by atoms with van der Waals surface area (Å²) in [4.78, 5) is 25.2. The van der Waals surface area contributed by atoms with Crippen LogP contribution >= 0.6 is 11.8 Å². The first-order valence-electron chi connectivity index (χ1n) is 9.44. The van der Waals surface area contributed by atoms with E-state index in [-0.39, 0.29) is 5.78 Å². The lowest BCUT2D eigenvalue weighted by Crippen LogP contribution is -2.38. The van der Waals surface area contributed by atoms with Gasteiger partial charge < -0.3 is 14.3 Å². The Bertz CT molecular complexity index is 1130. The van der Waals surface area contributed by atoms with Crippen LogP contribution in [0.2, 0.25) is 0 Å². The first-order valence-corrected chi connectivity index (χ1v) is 10.7. The summed E-state index contributed by atoms with van der Waals surface area (Å²) < 4.78 is 11.3. The third-order valence-electron chi connectivity index (χ3n) is 4.85. The van der Waals surface area contributed by atoms with E-state index < -0.39 is 11.6 Å². The third-order valence-corrected chi connectivity index (χ3v) is 5.61. The molecule has 5 nitrogen and oxygen atoms in total. The Morgan fingerprint density at radius 2 is 1.80 bits per heavy atom. The van der Waals surface area contributed by atoms with Gasteiger partial charge in [-0.2, -0.15) is 0 Å². The number of hydrogen-bond donors (Lipinski definition) is 1. The molecule has 30 heavy (non-hydrogen) atoms. The standard InChI is InChI=1S/C24H24O5S/c1-14-12-16(13-15(2)21(14)29-24(3,4)23(26)27)6-8-19(25)17-7-9-20(30-5)22-18(17)10-11-28-22/h6-13H,1-5H3,(H,26,27)/b8-6+. The van der Waals surface area contributed by atoms with Crippen LogP contribution < -0.4 is 4.74 Å². The average Bonchev–Trinajstić information content (AvgIpc) is 3.18. The molecule has 0 saturated heterocycles. The van der Waals surface area contributed by atoms with Crippen LogP contribution in [0, 0.1) is 13.8 Å². The molecule has 0 aliphatic heterocycles. The second kappa shape index (κ2) is 8.40. The minimum Gasteiger partial charge on any atom is -0.478 e. The molecule has 0 spiro atoms. The van der Waals surface area contributed by atoms with Gasteiger partial charge in [0.25, 0.3) is 0 Å². The van der Waals surface area contributed by atoms with Crippen LogP contribution in [0.5, 0.6) is 5.75 Å². The highest BCUT2D eigenvalue weighted by Crippen LogP contribution is 2.31. The molecule has 0 bridgehead atoms. The van der Waals surface area contributed by atoms with E-state index in [0.29, 0.717) is 11.3 Å². The van der Waals surface area contributed by atoms with Gasteiger partial charge in [-0.3, -0.25) is 4.79 Å². The number of carboxylic acids is 1. The molecule has 0 amide bonds. The normalized spacial score (nSPS) is 11.9. The first-order chi connectivity index (χ1) is 14.1. The fraction of sp³-hybridized carbons (Fsp3) is 0.250. The van der Waals surface area contributed by atoms with E-state index in [1.807, 2.05) is 44.4 Å². The van der Waals surface area contributed by atoms with Crippen LogP contribution in [0.4, 0.5) is 0 Å². The van der Waals surface area contributed by atoms with Gasteiger partial charge in [0, 0.05) is 10.9 Å². The number of aliphatic carboxylic acids is 1. The molecular weight excluding hydrogens is 400 g/mol. The van der Waals surface area contributed by atoms with E-state index in [2.05, 4.69) is 0 Å². The van der Waals surface area contributed by atoms with E-state index >= 15 is 0 Å². The molecule has 6 heteroatoms. The summed E-state index contributed by atoms with van der Waals surface area (Å²) in [6.07, 6.45) is 6.85. The number of benzene rings is 2. The smallest absolute Gasteiger partial charge is 0.347 e. The van der Waals surface area contributed by atoms with Crippen LogP contribution in [-0.4, -0.2) is 28.7 Å². The van der Waals surface area contributed by atoms with Crippen LogP contribution in [0.3, 0.4) is 0 Å². The van der Waals surface area contributed by atoms with E-state index in [0.717, 1.165) is 32.6 Å². The van der Waals surface area contributed by atoms with E-state index in [1.54, 1.807) is 30.2 Å². The maximum atomic E-state index is 12.8. The number of allylic oxidation sites excluding steroid dienone is 1. The quantitative estimate of drug-likeness (QED) is 0.289. The molecule has 1 aromatic heterocycles. The molecule has 0 aliphatic rings. The lowest BCUT2D eigenvalue weighted by molar-refractivity contribution is -0.152. The molecule has 1 N–H and O–H groups in total. The zero-order valence-corrected chi connectivity index (χ0v) is 18.4. The minimum atomic E-state index is -1.33. The van der Waals surface area contributed by atoms with Crippen molar-refractivity contribution in [2.45, 2.75) is 38.2 Å². The first kappa shape index (κ1) is 21.7. The largest absolute Gasteiger partial charge is 0.478 e. The molecule has 0 radical (unpaired) electrons. The van der Waals surface area contributed by atoms with Crippen LogP contribution in [0.15, 0.2) is 52.0 Å². The van der Waals surface area contributed by atoms with Gasteiger partial charge in [-0.1, -0.05) is 6.08 Å². The second-order valence-electron chi connectivity index (χ2n) is 7.58. The summed E-state index contributed by atoms with van der Waals surface area (Å²) >= 11 is 1.57. The number of carboxylic acid groups (broad SMARTS) is 1.